The van der Waals surface area contributed by atoms with Gasteiger partial charge in [-0.2, -0.15) is 0 Å². The van der Waals surface area contributed by atoms with Gasteiger partial charge in [-0.25, -0.2) is 4.98 Å². The Bertz CT molecular complexity index is 837. The molecule has 1 amide bonds. The van der Waals surface area contributed by atoms with Crippen LogP contribution in [-0.2, 0) is 4.79 Å². The number of aromatic amines is 1. The molecule has 0 fully saturated rings. The number of imidazole rings is 1. The van der Waals surface area contributed by atoms with E-state index in [0.717, 1.165) is 28.2 Å². The zero-order valence-corrected chi connectivity index (χ0v) is 14.1. The molecule has 2 aromatic carbocycles. The van der Waals surface area contributed by atoms with Gasteiger partial charge in [0.15, 0.2) is 6.61 Å². The Kier molecular flexibility index (Phi) is 4.51. The summed E-state index contributed by atoms with van der Waals surface area (Å²) in [5.74, 6) is 1.28. The van der Waals surface area contributed by atoms with Crippen molar-refractivity contribution in [3.8, 4) is 5.75 Å². The Balaban J connectivity index is 1.59. The third kappa shape index (κ3) is 3.56. The number of amides is 1. The van der Waals surface area contributed by atoms with Crippen molar-refractivity contribution in [3.05, 3.63) is 59.4 Å². The van der Waals surface area contributed by atoms with Gasteiger partial charge in [0, 0.05) is 0 Å². The third-order valence-electron chi connectivity index (χ3n) is 3.88. The highest BCUT2D eigenvalue weighted by atomic mass is 16.5. The summed E-state index contributed by atoms with van der Waals surface area (Å²) in [6.45, 7) is 5.87. The van der Waals surface area contributed by atoms with Crippen molar-refractivity contribution in [2.24, 2.45) is 0 Å². The van der Waals surface area contributed by atoms with Crippen LogP contribution >= 0.6 is 0 Å². The summed E-state index contributed by atoms with van der Waals surface area (Å²) in [5, 5.41) is 2.90. The smallest absolute Gasteiger partial charge is 0.258 e. The number of H-pyrrole nitrogens is 1. The molecule has 0 bridgehead atoms. The molecule has 5 nitrogen and oxygen atoms in total. The van der Waals surface area contributed by atoms with Crippen molar-refractivity contribution in [2.75, 3.05) is 6.61 Å². The van der Waals surface area contributed by atoms with Gasteiger partial charge in [-0.1, -0.05) is 29.8 Å². The Labute approximate surface area is 141 Å². The molecule has 0 aliphatic heterocycles. The van der Waals surface area contributed by atoms with Crippen LogP contribution in [-0.4, -0.2) is 22.5 Å². The molecule has 0 aliphatic rings. The topological polar surface area (TPSA) is 67.0 Å². The van der Waals surface area contributed by atoms with Gasteiger partial charge >= 0.3 is 0 Å². The maximum Gasteiger partial charge on any atom is 0.258 e. The number of hydrogen-bond acceptors (Lipinski definition) is 3. The van der Waals surface area contributed by atoms with Crippen LogP contribution in [0.2, 0.25) is 0 Å². The largest absolute Gasteiger partial charge is 0.484 e. The fourth-order valence-electron chi connectivity index (χ4n) is 2.63. The first-order valence-corrected chi connectivity index (χ1v) is 7.97. The minimum Gasteiger partial charge on any atom is -0.484 e. The van der Waals surface area contributed by atoms with Gasteiger partial charge in [0.1, 0.15) is 11.6 Å². The minimum absolute atomic E-state index is 0.0194. The van der Waals surface area contributed by atoms with Crippen LogP contribution in [0.25, 0.3) is 11.0 Å². The Morgan fingerprint density at radius 2 is 2.04 bits per heavy atom. The van der Waals surface area contributed by atoms with E-state index >= 15 is 0 Å². The molecule has 1 aromatic heterocycles. The lowest BCUT2D eigenvalue weighted by molar-refractivity contribution is -0.123. The fourth-order valence-corrected chi connectivity index (χ4v) is 2.63. The van der Waals surface area contributed by atoms with Crippen molar-refractivity contribution in [1.29, 1.82) is 0 Å². The molecular formula is C19H21N3O2. The van der Waals surface area contributed by atoms with Gasteiger partial charge in [0.25, 0.3) is 5.91 Å². The number of ether oxygens (including phenoxy) is 1. The average molecular weight is 323 g/mol. The number of carbonyl (C=O) groups is 1. The highest BCUT2D eigenvalue weighted by molar-refractivity contribution is 5.78. The van der Waals surface area contributed by atoms with Crippen LogP contribution in [0.1, 0.15) is 29.9 Å². The second-order valence-electron chi connectivity index (χ2n) is 5.99. The molecule has 0 saturated carbocycles. The molecule has 3 rings (SSSR count). The first-order valence-electron chi connectivity index (χ1n) is 7.97. The minimum atomic E-state index is -0.215. The summed E-state index contributed by atoms with van der Waals surface area (Å²) in [5.41, 5.74) is 4.04. The van der Waals surface area contributed by atoms with Crippen LogP contribution in [0.5, 0.6) is 5.75 Å². The second-order valence-corrected chi connectivity index (χ2v) is 5.99. The average Bonchev–Trinajstić information content (AvgIpc) is 2.98. The van der Waals surface area contributed by atoms with Gasteiger partial charge in [-0.3, -0.25) is 4.79 Å². The molecule has 5 heteroatoms. The normalized spacial score (nSPS) is 12.1. The number of carbonyl (C=O) groups excluding carboxylic acids is 1. The third-order valence-corrected chi connectivity index (χ3v) is 3.88. The molecule has 3 aromatic rings. The Morgan fingerprint density at radius 3 is 2.79 bits per heavy atom. The maximum absolute atomic E-state index is 12.1. The van der Waals surface area contributed by atoms with E-state index in [0.29, 0.717) is 0 Å². The van der Waals surface area contributed by atoms with E-state index in [4.69, 9.17) is 4.74 Å². The number of hydrogen-bond donors (Lipinski definition) is 2. The number of aromatic nitrogens is 2. The standard InChI is InChI=1S/C19H21N3O2/c1-12-8-9-17(13(2)10-12)24-11-18(23)20-14(3)19-21-15-6-4-5-7-16(15)22-19/h4-10,14H,11H2,1-3H3,(H,20,23)(H,21,22). The summed E-state index contributed by atoms with van der Waals surface area (Å²) < 4.78 is 5.61. The number of nitrogens with one attached hydrogen (secondary N) is 2. The first-order chi connectivity index (χ1) is 11.5. The summed E-state index contributed by atoms with van der Waals surface area (Å²) in [6.07, 6.45) is 0. The van der Waals surface area contributed by atoms with Crippen LogP contribution in [0.15, 0.2) is 42.5 Å². The number of para-hydroxylation sites is 2. The second kappa shape index (κ2) is 6.74. The monoisotopic (exact) mass is 323 g/mol. The molecule has 0 spiro atoms. The highest BCUT2D eigenvalue weighted by Crippen LogP contribution is 2.19. The highest BCUT2D eigenvalue weighted by Gasteiger charge is 2.14. The fraction of sp³-hybridized carbons (Fsp3) is 0.263. The van der Waals surface area contributed by atoms with Crippen molar-refractivity contribution in [2.45, 2.75) is 26.8 Å². The van der Waals surface area contributed by atoms with Gasteiger partial charge in [0.2, 0.25) is 0 Å². The van der Waals surface area contributed by atoms with Crippen molar-refractivity contribution in [1.82, 2.24) is 15.3 Å². The van der Waals surface area contributed by atoms with Crippen molar-refractivity contribution >= 4 is 16.9 Å². The molecular weight excluding hydrogens is 302 g/mol. The van der Waals surface area contributed by atoms with Crippen LogP contribution < -0.4 is 10.1 Å². The Morgan fingerprint density at radius 1 is 1.25 bits per heavy atom. The van der Waals surface area contributed by atoms with E-state index in [1.807, 2.05) is 63.2 Å². The van der Waals surface area contributed by atoms with Gasteiger partial charge in [0.05, 0.1) is 17.1 Å². The molecule has 24 heavy (non-hydrogen) atoms. The molecule has 124 valence electrons. The zero-order valence-electron chi connectivity index (χ0n) is 14.1. The number of fused-ring (bicyclic) bond motifs is 1. The van der Waals surface area contributed by atoms with E-state index in [1.54, 1.807) is 0 Å². The lowest BCUT2D eigenvalue weighted by atomic mass is 10.1. The van der Waals surface area contributed by atoms with Crippen LogP contribution in [0, 0.1) is 13.8 Å². The van der Waals surface area contributed by atoms with E-state index in [9.17, 15) is 4.79 Å². The predicted octanol–water partition coefficient (Wildman–Crippen LogP) is 3.44. The molecule has 0 radical (unpaired) electrons. The molecule has 1 unspecified atom stereocenters. The number of aryl methyl sites for hydroxylation is 2. The van der Waals surface area contributed by atoms with Crippen LogP contribution in [0.4, 0.5) is 0 Å². The van der Waals surface area contributed by atoms with Crippen LogP contribution in [0.3, 0.4) is 0 Å². The maximum atomic E-state index is 12.1. The number of nitrogens with zero attached hydrogens (tertiary/aromatic N) is 1. The molecule has 1 heterocycles. The molecule has 2 N–H and O–H groups in total. The number of rotatable bonds is 5. The molecule has 0 aliphatic carbocycles. The number of benzene rings is 2. The lowest BCUT2D eigenvalue weighted by Crippen LogP contribution is -2.31. The van der Waals surface area contributed by atoms with E-state index in [1.165, 1.54) is 5.56 Å². The summed E-state index contributed by atoms with van der Waals surface area (Å²) in [4.78, 5) is 19.8. The summed E-state index contributed by atoms with van der Waals surface area (Å²) in [6, 6.07) is 13.5. The molecule has 0 saturated heterocycles. The first kappa shape index (κ1) is 16.1. The SMILES string of the molecule is Cc1ccc(OCC(=O)NC(C)c2nc3ccccc3[nH]2)c(C)c1. The molecule has 1 atom stereocenters. The summed E-state index contributed by atoms with van der Waals surface area (Å²) in [7, 11) is 0. The Hall–Kier alpha value is -2.82. The summed E-state index contributed by atoms with van der Waals surface area (Å²) >= 11 is 0. The van der Waals surface area contributed by atoms with Crippen molar-refractivity contribution < 1.29 is 9.53 Å². The van der Waals surface area contributed by atoms with Gasteiger partial charge in [-0.05, 0) is 44.5 Å². The quantitative estimate of drug-likeness (QED) is 0.756. The van der Waals surface area contributed by atoms with Crippen molar-refractivity contribution in [3.63, 3.8) is 0 Å². The predicted molar refractivity (Wildman–Crippen MR) is 94.1 cm³/mol. The van der Waals surface area contributed by atoms with E-state index in [-0.39, 0.29) is 18.6 Å². The van der Waals surface area contributed by atoms with Gasteiger partial charge < -0.3 is 15.0 Å². The lowest BCUT2D eigenvalue weighted by Gasteiger charge is -2.13. The van der Waals surface area contributed by atoms with E-state index < -0.39 is 0 Å². The van der Waals surface area contributed by atoms with Gasteiger partial charge in [-0.15, -0.1) is 0 Å². The van der Waals surface area contributed by atoms with E-state index in [2.05, 4.69) is 15.3 Å². The zero-order chi connectivity index (χ0) is 17.1.